The lowest BCUT2D eigenvalue weighted by Crippen LogP contribution is -2.37. The molecule has 1 aromatic carbocycles. The van der Waals surface area contributed by atoms with Gasteiger partial charge in [-0.15, -0.1) is 11.3 Å². The molecule has 0 saturated carbocycles. The van der Waals surface area contributed by atoms with Crippen LogP contribution in [0.1, 0.15) is 24.4 Å². The van der Waals surface area contributed by atoms with E-state index in [9.17, 15) is 9.59 Å². The van der Waals surface area contributed by atoms with Gasteiger partial charge in [0.05, 0.1) is 5.52 Å². The second-order valence-corrected chi connectivity index (χ2v) is 5.92. The number of urea groups is 1. The monoisotopic (exact) mass is 329 g/mol. The van der Waals surface area contributed by atoms with Crippen molar-refractivity contribution in [2.75, 3.05) is 0 Å². The van der Waals surface area contributed by atoms with E-state index in [1.165, 1.54) is 11.3 Å². The smallest absolute Gasteiger partial charge is 0.357 e. The van der Waals surface area contributed by atoms with E-state index in [1.54, 1.807) is 18.4 Å². The number of nitrogens with one attached hydrogen (secondary N) is 2. The quantitative estimate of drug-likeness (QED) is 0.771. The van der Waals surface area contributed by atoms with E-state index in [4.69, 9.17) is 4.42 Å². The maximum absolute atomic E-state index is 11.9. The van der Waals surface area contributed by atoms with E-state index in [0.29, 0.717) is 16.8 Å². The summed E-state index contributed by atoms with van der Waals surface area (Å²) in [5.74, 6) is 0.191. The van der Waals surface area contributed by atoms with Crippen molar-refractivity contribution in [2.45, 2.75) is 19.5 Å². The molecule has 2 amide bonds. The zero-order valence-electron chi connectivity index (χ0n) is 12.4. The van der Waals surface area contributed by atoms with Crippen LogP contribution < -0.4 is 16.3 Å². The Morgan fingerprint density at radius 3 is 2.87 bits per heavy atom. The van der Waals surface area contributed by atoms with Gasteiger partial charge in [0.25, 0.3) is 0 Å². The Morgan fingerprint density at radius 1 is 1.30 bits per heavy atom. The van der Waals surface area contributed by atoms with Gasteiger partial charge in [-0.2, -0.15) is 0 Å². The number of rotatable bonds is 4. The molecule has 3 aromatic rings. The molecule has 2 heterocycles. The lowest BCUT2D eigenvalue weighted by molar-refractivity contribution is 0.234. The van der Waals surface area contributed by atoms with Crippen molar-refractivity contribution < 1.29 is 9.21 Å². The van der Waals surface area contributed by atoms with Crippen LogP contribution >= 0.6 is 11.3 Å². The van der Waals surface area contributed by atoms with Gasteiger partial charge in [0, 0.05) is 6.54 Å². The van der Waals surface area contributed by atoms with Crippen LogP contribution in [0.5, 0.6) is 0 Å². The number of amides is 2. The Morgan fingerprint density at radius 2 is 2.09 bits per heavy atom. The number of aromatic nitrogens is 1. The first-order chi connectivity index (χ1) is 11.1. The molecule has 0 saturated heterocycles. The molecule has 0 aliphatic carbocycles. The van der Waals surface area contributed by atoms with Crippen LogP contribution in [0.2, 0.25) is 0 Å². The highest BCUT2D eigenvalue weighted by Crippen LogP contribution is 2.17. The van der Waals surface area contributed by atoms with Crippen LogP contribution in [-0.2, 0) is 6.54 Å². The first kappa shape index (κ1) is 15.2. The third kappa shape index (κ3) is 3.57. The van der Waals surface area contributed by atoms with Crippen LogP contribution in [0.15, 0.2) is 51.0 Å². The summed E-state index contributed by atoms with van der Waals surface area (Å²) in [4.78, 5) is 28.0. The molecule has 2 N–H and O–H groups in total. The number of hydrogen-bond donors (Lipinski definition) is 2. The standard InChI is InChI=1S/C16H15N3O3S/c1-10(14-19-12-7-8-23-13(12)15(20)22-14)18-16(21)17-9-11-5-3-2-4-6-11/h2-8,10H,9H2,1H3,(H2,17,18,21)/t10-/m0/s1. The molecule has 1 atom stereocenters. The average Bonchev–Trinajstić information content (AvgIpc) is 3.03. The van der Waals surface area contributed by atoms with Crippen molar-refractivity contribution in [1.82, 2.24) is 15.6 Å². The fraction of sp³-hybridized carbons (Fsp3) is 0.188. The van der Waals surface area contributed by atoms with Crippen molar-refractivity contribution in [3.8, 4) is 0 Å². The van der Waals surface area contributed by atoms with Gasteiger partial charge < -0.3 is 15.1 Å². The Hall–Kier alpha value is -2.67. The first-order valence-electron chi connectivity index (χ1n) is 7.10. The Labute approximate surface area is 136 Å². The average molecular weight is 329 g/mol. The molecule has 0 fully saturated rings. The lowest BCUT2D eigenvalue weighted by atomic mass is 10.2. The first-order valence-corrected chi connectivity index (χ1v) is 7.98. The van der Waals surface area contributed by atoms with Gasteiger partial charge >= 0.3 is 11.7 Å². The molecule has 7 heteroatoms. The third-order valence-corrected chi connectivity index (χ3v) is 4.16. The minimum absolute atomic E-state index is 0.191. The summed E-state index contributed by atoms with van der Waals surface area (Å²) < 4.78 is 5.66. The molecular formula is C16H15N3O3S. The number of benzene rings is 1. The molecule has 0 aliphatic rings. The summed E-state index contributed by atoms with van der Waals surface area (Å²) >= 11 is 1.29. The number of carbonyl (C=O) groups excluding carboxylic acids is 1. The molecule has 6 nitrogen and oxygen atoms in total. The highest BCUT2D eigenvalue weighted by atomic mass is 32.1. The second-order valence-electron chi connectivity index (χ2n) is 5.01. The Kier molecular flexibility index (Phi) is 4.38. The molecule has 118 valence electrons. The maximum atomic E-state index is 11.9. The van der Waals surface area contributed by atoms with Crippen LogP contribution in [0.25, 0.3) is 10.2 Å². The van der Waals surface area contributed by atoms with Gasteiger partial charge in [-0.3, -0.25) is 0 Å². The highest BCUT2D eigenvalue weighted by Gasteiger charge is 2.16. The second kappa shape index (κ2) is 6.62. The van der Waals surface area contributed by atoms with Crippen LogP contribution in [0.4, 0.5) is 4.79 Å². The minimum atomic E-state index is -0.511. The summed E-state index contributed by atoms with van der Waals surface area (Å²) in [6.45, 7) is 2.13. The van der Waals surface area contributed by atoms with E-state index in [2.05, 4.69) is 15.6 Å². The summed E-state index contributed by atoms with van der Waals surface area (Å²) in [5.41, 5.74) is 1.15. The molecule has 23 heavy (non-hydrogen) atoms. The molecule has 0 bridgehead atoms. The largest absolute Gasteiger partial charge is 0.405 e. The van der Waals surface area contributed by atoms with Crippen LogP contribution in [-0.4, -0.2) is 11.0 Å². The molecule has 0 spiro atoms. The predicted molar refractivity (Wildman–Crippen MR) is 88.4 cm³/mol. The van der Waals surface area contributed by atoms with Crippen molar-refractivity contribution in [2.24, 2.45) is 0 Å². The summed E-state index contributed by atoms with van der Waals surface area (Å²) in [6, 6.07) is 10.5. The van der Waals surface area contributed by atoms with Gasteiger partial charge in [-0.1, -0.05) is 30.3 Å². The maximum Gasteiger partial charge on any atom is 0.357 e. The molecule has 3 rings (SSSR count). The summed E-state index contributed by atoms with van der Waals surface area (Å²) in [5, 5.41) is 7.24. The SMILES string of the molecule is C[C@H](NC(=O)NCc1ccccc1)c1nc2ccsc2c(=O)o1. The highest BCUT2D eigenvalue weighted by molar-refractivity contribution is 7.17. The predicted octanol–water partition coefficient (Wildman–Crippen LogP) is 2.81. The Bertz CT molecular complexity index is 873. The zero-order valence-corrected chi connectivity index (χ0v) is 13.2. The normalized spacial score (nSPS) is 12.0. The van der Waals surface area contributed by atoms with Gasteiger partial charge in [0.15, 0.2) is 0 Å². The molecule has 0 aliphatic heterocycles. The molecular weight excluding hydrogens is 314 g/mol. The molecule has 0 unspecified atom stereocenters. The minimum Gasteiger partial charge on any atom is -0.405 e. The van der Waals surface area contributed by atoms with E-state index in [1.807, 2.05) is 30.3 Å². The Balaban J connectivity index is 1.64. The van der Waals surface area contributed by atoms with Gasteiger partial charge in [0.1, 0.15) is 10.7 Å². The van der Waals surface area contributed by atoms with Crippen molar-refractivity contribution in [1.29, 1.82) is 0 Å². The number of nitrogens with zero attached hydrogens (tertiary/aromatic N) is 1. The van der Waals surface area contributed by atoms with Crippen LogP contribution in [0, 0.1) is 0 Å². The van der Waals surface area contributed by atoms with Gasteiger partial charge in [-0.05, 0) is 23.9 Å². The van der Waals surface area contributed by atoms with E-state index >= 15 is 0 Å². The summed E-state index contributed by atoms with van der Waals surface area (Å²) in [6.07, 6.45) is 0. The number of hydrogen-bond acceptors (Lipinski definition) is 5. The van der Waals surface area contributed by atoms with Crippen molar-refractivity contribution in [3.63, 3.8) is 0 Å². The topological polar surface area (TPSA) is 84.2 Å². The van der Waals surface area contributed by atoms with E-state index in [0.717, 1.165) is 5.56 Å². The van der Waals surface area contributed by atoms with E-state index in [-0.39, 0.29) is 11.9 Å². The number of carbonyl (C=O) groups is 1. The zero-order chi connectivity index (χ0) is 16.2. The third-order valence-electron chi connectivity index (χ3n) is 3.27. The van der Waals surface area contributed by atoms with Gasteiger partial charge in [-0.25, -0.2) is 14.6 Å². The van der Waals surface area contributed by atoms with Crippen molar-refractivity contribution >= 4 is 27.6 Å². The fourth-order valence-corrected chi connectivity index (χ4v) is 2.80. The lowest BCUT2D eigenvalue weighted by Gasteiger charge is -2.13. The fourth-order valence-electron chi connectivity index (χ4n) is 2.10. The molecule has 0 radical (unpaired) electrons. The number of fused-ring (bicyclic) bond motifs is 1. The van der Waals surface area contributed by atoms with E-state index < -0.39 is 11.7 Å². The van der Waals surface area contributed by atoms with Gasteiger partial charge in [0.2, 0.25) is 5.89 Å². The molecule has 2 aromatic heterocycles. The van der Waals surface area contributed by atoms with Crippen molar-refractivity contribution in [3.05, 3.63) is 63.7 Å². The number of thiophene rings is 1. The van der Waals surface area contributed by atoms with Crippen LogP contribution in [0.3, 0.4) is 0 Å². The summed E-state index contributed by atoms with van der Waals surface area (Å²) in [7, 11) is 0.